The van der Waals surface area contributed by atoms with Crippen LogP contribution >= 0.6 is 0 Å². The number of benzene rings is 2. The molecular formula is C24H28N2O6. The number of piperazine rings is 1. The maximum absolute atomic E-state index is 13.0. The van der Waals surface area contributed by atoms with E-state index in [4.69, 9.17) is 19.3 Å². The van der Waals surface area contributed by atoms with Crippen LogP contribution in [-0.4, -0.2) is 69.3 Å². The van der Waals surface area contributed by atoms with Gasteiger partial charge in [-0.1, -0.05) is 11.8 Å². The summed E-state index contributed by atoms with van der Waals surface area (Å²) < 4.78 is 16.6. The Morgan fingerprint density at radius 2 is 1.97 bits per heavy atom. The molecule has 1 saturated heterocycles. The third-order valence-electron chi connectivity index (χ3n) is 6.03. The fraction of sp³-hybridized carbons (Fsp3) is 0.375. The van der Waals surface area contributed by atoms with E-state index < -0.39 is 0 Å². The fourth-order valence-corrected chi connectivity index (χ4v) is 4.20. The molecule has 2 N–H and O–H groups in total. The Morgan fingerprint density at radius 3 is 2.66 bits per heavy atom. The van der Waals surface area contributed by atoms with E-state index in [1.165, 1.54) is 11.0 Å². The molecule has 2 aliphatic heterocycles. The Hall–Kier alpha value is -3.07. The van der Waals surface area contributed by atoms with Gasteiger partial charge in [0.05, 0.1) is 39.5 Å². The van der Waals surface area contributed by atoms with Crippen LogP contribution in [0.3, 0.4) is 0 Å². The summed E-state index contributed by atoms with van der Waals surface area (Å²) >= 11 is 0. The van der Waals surface area contributed by atoms with Crippen LogP contribution < -0.4 is 24.2 Å². The van der Waals surface area contributed by atoms with E-state index in [9.17, 15) is 9.90 Å². The summed E-state index contributed by atoms with van der Waals surface area (Å²) in [7, 11) is 3.12. The zero-order valence-electron chi connectivity index (χ0n) is 18.3. The van der Waals surface area contributed by atoms with E-state index in [1.54, 1.807) is 44.6 Å². The van der Waals surface area contributed by atoms with E-state index in [0.29, 0.717) is 47.0 Å². The van der Waals surface area contributed by atoms with Crippen LogP contribution in [0.15, 0.2) is 36.1 Å². The number of hydrogen-bond acceptors (Lipinski definition) is 7. The van der Waals surface area contributed by atoms with Crippen LogP contribution in [0.25, 0.3) is 6.08 Å². The molecule has 0 unspecified atom stereocenters. The number of aliphatic hydroxyl groups excluding tert-OH is 1. The summed E-state index contributed by atoms with van der Waals surface area (Å²) in [5.74, 6) is 1.36. The molecule has 4 rings (SSSR count). The number of quaternary nitrogens is 1. The number of β-amino-alcohol motifs (C(OH)–C–C–N with tert-alkyl or cyclic N) is 1. The van der Waals surface area contributed by atoms with Crippen molar-refractivity contribution in [2.45, 2.75) is 6.54 Å². The Bertz CT molecular complexity index is 1030. The van der Waals surface area contributed by atoms with Crippen molar-refractivity contribution < 1.29 is 34.1 Å². The van der Waals surface area contributed by atoms with Crippen molar-refractivity contribution >= 4 is 11.9 Å². The predicted molar refractivity (Wildman–Crippen MR) is 116 cm³/mol. The highest BCUT2D eigenvalue weighted by molar-refractivity contribution is 6.15. The number of hydrogen-bond donors (Lipinski definition) is 2. The first kappa shape index (κ1) is 22.1. The minimum Gasteiger partial charge on any atom is -0.872 e. The number of aliphatic hydroxyl groups is 1. The number of nitrogens with zero attached hydrogens (tertiary/aromatic N) is 1. The molecule has 2 heterocycles. The maximum atomic E-state index is 13.0. The normalized spacial score (nSPS) is 18.0. The van der Waals surface area contributed by atoms with E-state index in [1.807, 2.05) is 0 Å². The van der Waals surface area contributed by atoms with Gasteiger partial charge in [-0.25, -0.2) is 0 Å². The molecule has 8 nitrogen and oxygen atoms in total. The van der Waals surface area contributed by atoms with Crippen molar-refractivity contribution in [1.29, 1.82) is 0 Å². The summed E-state index contributed by atoms with van der Waals surface area (Å²) in [5, 5.41) is 21.8. The molecule has 0 amide bonds. The number of ketones is 1. The standard InChI is InChI=1S/C24H28N2O6/c1-30-17-4-3-16(21(14-17)31-2)13-22-23(29)18-5-6-20(28)19(24(18)32-22)15-26-9-7-25(8-10-26)11-12-27/h3-6,13-14,27-28H,7-12,15H2,1-2H3/b22-13-. The molecule has 1 fully saturated rings. The lowest BCUT2D eigenvalue weighted by Gasteiger charge is -2.32. The van der Waals surface area contributed by atoms with Gasteiger partial charge in [0.15, 0.2) is 5.76 Å². The van der Waals surface area contributed by atoms with Crippen molar-refractivity contribution in [3.8, 4) is 23.0 Å². The second-order valence-electron chi connectivity index (χ2n) is 7.96. The van der Waals surface area contributed by atoms with Crippen LogP contribution in [0.5, 0.6) is 23.0 Å². The molecule has 170 valence electrons. The molecular weight excluding hydrogens is 412 g/mol. The number of rotatable bonds is 7. The van der Waals surface area contributed by atoms with Crippen molar-refractivity contribution in [2.75, 3.05) is 53.6 Å². The number of methoxy groups -OCH3 is 2. The topological polar surface area (TPSA) is 95.7 Å². The zero-order chi connectivity index (χ0) is 22.7. The minimum atomic E-state index is -0.248. The number of nitrogens with one attached hydrogen (secondary N) is 1. The molecule has 2 aromatic carbocycles. The number of Topliss-reactive ketones (excluding diaryl/α,β-unsaturated/α-hetero) is 1. The second kappa shape index (κ2) is 9.60. The van der Waals surface area contributed by atoms with Gasteiger partial charge in [-0.05, 0) is 24.3 Å². The quantitative estimate of drug-likeness (QED) is 0.589. The molecule has 0 saturated carbocycles. The smallest absolute Gasteiger partial charge is 0.231 e. The van der Waals surface area contributed by atoms with Crippen LogP contribution in [0, 0.1) is 0 Å². The second-order valence-corrected chi connectivity index (χ2v) is 7.96. The Labute approximate surface area is 187 Å². The Kier molecular flexibility index (Phi) is 6.64. The molecule has 32 heavy (non-hydrogen) atoms. The van der Waals surface area contributed by atoms with Gasteiger partial charge in [0, 0.05) is 36.8 Å². The highest BCUT2D eigenvalue weighted by Gasteiger charge is 2.32. The summed E-state index contributed by atoms with van der Waals surface area (Å²) in [5.41, 5.74) is 1.63. The van der Waals surface area contributed by atoms with Gasteiger partial charge in [0.2, 0.25) is 5.78 Å². The lowest BCUT2D eigenvalue weighted by Crippen LogP contribution is -3.13. The number of ether oxygens (including phenoxy) is 3. The van der Waals surface area contributed by atoms with E-state index >= 15 is 0 Å². The number of carbonyl (C=O) groups is 1. The van der Waals surface area contributed by atoms with Gasteiger partial charge in [-0.15, -0.1) is 0 Å². The zero-order valence-corrected chi connectivity index (χ0v) is 18.3. The van der Waals surface area contributed by atoms with Gasteiger partial charge in [0.1, 0.15) is 23.8 Å². The molecule has 0 spiro atoms. The number of allylic oxidation sites excluding steroid dienone is 1. The first-order valence-electron chi connectivity index (χ1n) is 10.7. The minimum absolute atomic E-state index is 0.120. The molecule has 2 aromatic rings. The molecule has 0 bridgehead atoms. The molecule has 8 heteroatoms. The molecule has 0 atom stereocenters. The number of fused-ring (bicyclic) bond motifs is 1. The summed E-state index contributed by atoms with van der Waals surface area (Å²) in [6.07, 6.45) is 1.63. The van der Waals surface area contributed by atoms with Gasteiger partial charge in [-0.2, -0.15) is 0 Å². The summed E-state index contributed by atoms with van der Waals surface area (Å²) in [4.78, 5) is 16.5. The van der Waals surface area contributed by atoms with Gasteiger partial charge >= 0.3 is 0 Å². The summed E-state index contributed by atoms with van der Waals surface area (Å²) in [6.45, 7) is 4.77. The third kappa shape index (κ3) is 4.43. The lowest BCUT2D eigenvalue weighted by molar-refractivity contribution is -0.918. The van der Waals surface area contributed by atoms with Gasteiger partial charge in [-0.3, -0.25) is 9.69 Å². The maximum Gasteiger partial charge on any atom is 0.231 e. The molecule has 0 radical (unpaired) electrons. The van der Waals surface area contributed by atoms with Crippen molar-refractivity contribution in [2.24, 2.45) is 0 Å². The van der Waals surface area contributed by atoms with Crippen molar-refractivity contribution in [3.05, 3.63) is 52.8 Å². The van der Waals surface area contributed by atoms with Crippen LogP contribution in [-0.2, 0) is 6.54 Å². The van der Waals surface area contributed by atoms with E-state index in [-0.39, 0.29) is 23.9 Å². The van der Waals surface area contributed by atoms with E-state index in [2.05, 4.69) is 4.90 Å². The monoisotopic (exact) mass is 440 g/mol. The van der Waals surface area contributed by atoms with E-state index in [0.717, 1.165) is 26.2 Å². The molecule has 2 aliphatic rings. The predicted octanol–water partition coefficient (Wildman–Crippen LogP) is 0.0864. The third-order valence-corrected chi connectivity index (χ3v) is 6.03. The van der Waals surface area contributed by atoms with Crippen molar-refractivity contribution in [1.82, 2.24) is 4.90 Å². The van der Waals surface area contributed by atoms with Crippen LogP contribution in [0.1, 0.15) is 21.5 Å². The molecule has 0 aromatic heterocycles. The van der Waals surface area contributed by atoms with Gasteiger partial charge in [0.25, 0.3) is 0 Å². The van der Waals surface area contributed by atoms with Crippen LogP contribution in [0.2, 0.25) is 0 Å². The Balaban J connectivity index is 1.57. The highest BCUT2D eigenvalue weighted by atomic mass is 16.5. The first-order chi connectivity index (χ1) is 15.5. The first-order valence-corrected chi connectivity index (χ1v) is 10.7. The average molecular weight is 440 g/mol. The number of carbonyl (C=O) groups excluding carboxylic acids is 1. The van der Waals surface area contributed by atoms with Crippen molar-refractivity contribution in [3.63, 3.8) is 0 Å². The summed E-state index contributed by atoms with van der Waals surface area (Å²) in [6, 6.07) is 8.31. The lowest BCUT2D eigenvalue weighted by atomic mass is 10.0. The average Bonchev–Trinajstić information content (AvgIpc) is 3.12. The molecule has 0 aliphatic carbocycles. The van der Waals surface area contributed by atoms with Gasteiger partial charge < -0.3 is 29.3 Å². The Morgan fingerprint density at radius 1 is 1.19 bits per heavy atom. The fourth-order valence-electron chi connectivity index (χ4n) is 4.20. The van der Waals surface area contributed by atoms with Crippen LogP contribution in [0.4, 0.5) is 0 Å². The SMILES string of the molecule is COc1ccc(/C=C2\Oc3c(ccc([O-])c3C[NH+]3CCN(CCO)CC3)C2=O)c(OC)c1. The highest BCUT2D eigenvalue weighted by Crippen LogP contribution is 2.39. The largest absolute Gasteiger partial charge is 0.872 e.